The molecule has 0 saturated heterocycles. The fraction of sp³-hybridized carbons (Fsp3) is 0.111. The van der Waals surface area contributed by atoms with E-state index < -0.39 is 5.97 Å². The van der Waals surface area contributed by atoms with Crippen molar-refractivity contribution in [3.05, 3.63) is 27.5 Å². The summed E-state index contributed by atoms with van der Waals surface area (Å²) in [6, 6.07) is 3.37. The van der Waals surface area contributed by atoms with Gasteiger partial charge in [0.25, 0.3) is 0 Å². The molecule has 0 fully saturated rings. The van der Waals surface area contributed by atoms with Crippen molar-refractivity contribution in [1.82, 2.24) is 9.97 Å². The third kappa shape index (κ3) is 1.72. The van der Waals surface area contributed by atoms with Crippen molar-refractivity contribution in [2.24, 2.45) is 0 Å². The van der Waals surface area contributed by atoms with Gasteiger partial charge in [-0.3, -0.25) is 0 Å². The second kappa shape index (κ2) is 3.83. The minimum absolute atomic E-state index is 0.238. The summed E-state index contributed by atoms with van der Waals surface area (Å²) in [7, 11) is 1.32. The maximum absolute atomic E-state index is 11.4. The Morgan fingerprint density at radius 3 is 3.00 bits per heavy atom. The van der Waals surface area contributed by atoms with Gasteiger partial charge in [-0.1, -0.05) is 0 Å². The van der Waals surface area contributed by atoms with E-state index in [1.807, 2.05) is 0 Å². The molecule has 4 nitrogen and oxygen atoms in total. The van der Waals surface area contributed by atoms with Gasteiger partial charge < -0.3 is 9.72 Å². The highest BCUT2D eigenvalue weighted by Gasteiger charge is 2.15. The Hall–Kier alpha value is -1.07. The summed E-state index contributed by atoms with van der Waals surface area (Å²) in [4.78, 5) is 18.3. The Kier molecular flexibility index (Phi) is 2.67. The number of hydrogen-bond acceptors (Lipinski definition) is 3. The first-order valence-electron chi connectivity index (χ1n) is 4.05. The van der Waals surface area contributed by atoms with E-state index in [1.54, 1.807) is 12.1 Å². The van der Waals surface area contributed by atoms with Crippen molar-refractivity contribution < 1.29 is 9.53 Å². The van der Waals surface area contributed by atoms with Crippen LogP contribution in [0.1, 0.15) is 10.4 Å². The molecule has 0 aliphatic heterocycles. The van der Waals surface area contributed by atoms with Crippen LogP contribution < -0.4 is 0 Å². The molecule has 0 spiro atoms. The summed E-state index contributed by atoms with van der Waals surface area (Å²) >= 11 is 9.07. The first-order chi connectivity index (χ1) is 7.13. The molecule has 0 aliphatic carbocycles. The third-order valence-corrected chi connectivity index (χ3v) is 2.81. The van der Waals surface area contributed by atoms with Gasteiger partial charge in [-0.15, -0.1) is 0 Å². The number of carbonyl (C=O) groups is 1. The molecular weight excluding hydrogens is 283 g/mol. The molecule has 0 amide bonds. The topological polar surface area (TPSA) is 55.0 Å². The summed E-state index contributed by atoms with van der Waals surface area (Å²) in [5, 5.41) is 0.238. The molecule has 1 N–H and O–H groups in total. The van der Waals surface area contributed by atoms with Gasteiger partial charge in [0, 0.05) is 4.47 Å². The van der Waals surface area contributed by atoms with Crippen LogP contribution in [0, 0.1) is 0 Å². The van der Waals surface area contributed by atoms with Gasteiger partial charge in [0.05, 0.1) is 18.2 Å². The molecule has 0 atom stereocenters. The van der Waals surface area contributed by atoms with Crippen LogP contribution >= 0.6 is 27.5 Å². The SMILES string of the molecule is COC(=O)c1ccc(Br)c2[nH]c(Cl)nc12. The second-order valence-corrected chi connectivity index (χ2v) is 4.05. The molecule has 6 heteroatoms. The normalized spacial score (nSPS) is 10.6. The Balaban J connectivity index is 2.76. The number of imidazole rings is 1. The lowest BCUT2D eigenvalue weighted by Crippen LogP contribution is -2.01. The van der Waals surface area contributed by atoms with E-state index in [1.165, 1.54) is 7.11 Å². The van der Waals surface area contributed by atoms with E-state index >= 15 is 0 Å². The predicted octanol–water partition coefficient (Wildman–Crippen LogP) is 2.77. The number of esters is 1. The maximum Gasteiger partial charge on any atom is 0.340 e. The summed E-state index contributed by atoms with van der Waals surface area (Å²) in [6.45, 7) is 0. The van der Waals surface area contributed by atoms with E-state index in [-0.39, 0.29) is 5.28 Å². The molecule has 15 heavy (non-hydrogen) atoms. The van der Waals surface area contributed by atoms with E-state index in [9.17, 15) is 4.79 Å². The molecule has 1 aromatic heterocycles. The van der Waals surface area contributed by atoms with Gasteiger partial charge >= 0.3 is 5.97 Å². The first-order valence-corrected chi connectivity index (χ1v) is 5.22. The molecule has 1 aromatic carbocycles. The lowest BCUT2D eigenvalue weighted by molar-refractivity contribution is 0.0603. The quantitative estimate of drug-likeness (QED) is 0.821. The van der Waals surface area contributed by atoms with Gasteiger partial charge in [0.1, 0.15) is 5.52 Å². The number of rotatable bonds is 1. The van der Waals surface area contributed by atoms with Gasteiger partial charge in [-0.05, 0) is 39.7 Å². The predicted molar refractivity (Wildman–Crippen MR) is 60.1 cm³/mol. The summed E-state index contributed by atoms with van der Waals surface area (Å²) < 4.78 is 5.44. The lowest BCUT2D eigenvalue weighted by atomic mass is 10.2. The Morgan fingerprint density at radius 1 is 1.60 bits per heavy atom. The van der Waals surface area contributed by atoms with Crippen LogP contribution in [0.5, 0.6) is 0 Å². The zero-order valence-electron chi connectivity index (χ0n) is 7.67. The Bertz CT molecular complexity index is 538. The van der Waals surface area contributed by atoms with Gasteiger partial charge in [0.2, 0.25) is 5.28 Å². The van der Waals surface area contributed by atoms with Crippen molar-refractivity contribution in [3.8, 4) is 0 Å². The number of ether oxygens (including phenoxy) is 1. The smallest absolute Gasteiger partial charge is 0.340 e. The van der Waals surface area contributed by atoms with Crippen LogP contribution in [-0.2, 0) is 4.74 Å². The standard InChI is InChI=1S/C9H6BrClN2O2/c1-15-8(14)4-2-3-5(10)7-6(4)12-9(11)13-7/h2-3H,1H3,(H,12,13). The first kappa shape index (κ1) is 10.4. The molecule has 1 heterocycles. The fourth-order valence-corrected chi connectivity index (χ4v) is 1.90. The van der Waals surface area contributed by atoms with Gasteiger partial charge in [-0.2, -0.15) is 0 Å². The number of aromatic nitrogens is 2. The highest BCUT2D eigenvalue weighted by Crippen LogP contribution is 2.26. The van der Waals surface area contributed by atoms with Gasteiger partial charge in [-0.25, -0.2) is 9.78 Å². The summed E-state index contributed by atoms with van der Waals surface area (Å²) in [5.41, 5.74) is 1.57. The molecule has 0 aliphatic rings. The molecule has 0 saturated carbocycles. The molecular formula is C9H6BrClN2O2. The number of carbonyl (C=O) groups excluding carboxylic acids is 1. The number of nitrogens with one attached hydrogen (secondary N) is 1. The van der Waals surface area contributed by atoms with Crippen LogP contribution in [0.15, 0.2) is 16.6 Å². The van der Waals surface area contributed by atoms with Crippen LogP contribution in [0.3, 0.4) is 0 Å². The van der Waals surface area contributed by atoms with Crippen molar-refractivity contribution in [3.63, 3.8) is 0 Å². The zero-order valence-corrected chi connectivity index (χ0v) is 10.0. The number of fused-ring (bicyclic) bond motifs is 1. The zero-order chi connectivity index (χ0) is 11.0. The average molecular weight is 290 g/mol. The monoisotopic (exact) mass is 288 g/mol. The van der Waals surface area contributed by atoms with E-state index in [0.717, 1.165) is 4.47 Å². The molecule has 78 valence electrons. The molecule has 0 radical (unpaired) electrons. The van der Waals surface area contributed by atoms with Crippen molar-refractivity contribution in [2.75, 3.05) is 7.11 Å². The number of halogens is 2. The van der Waals surface area contributed by atoms with Crippen LogP contribution in [0.25, 0.3) is 11.0 Å². The van der Waals surface area contributed by atoms with Crippen LogP contribution in [0.2, 0.25) is 5.28 Å². The van der Waals surface area contributed by atoms with E-state index in [2.05, 4.69) is 30.6 Å². The van der Waals surface area contributed by atoms with Crippen molar-refractivity contribution in [2.45, 2.75) is 0 Å². The van der Waals surface area contributed by atoms with Gasteiger partial charge in [0.15, 0.2) is 0 Å². The minimum Gasteiger partial charge on any atom is -0.465 e. The van der Waals surface area contributed by atoms with Crippen LogP contribution in [-0.4, -0.2) is 23.0 Å². The molecule has 2 aromatic rings. The number of methoxy groups -OCH3 is 1. The van der Waals surface area contributed by atoms with Crippen molar-refractivity contribution >= 4 is 44.5 Å². The highest BCUT2D eigenvalue weighted by molar-refractivity contribution is 9.10. The second-order valence-electron chi connectivity index (χ2n) is 2.84. The third-order valence-electron chi connectivity index (χ3n) is 1.97. The lowest BCUT2D eigenvalue weighted by Gasteiger charge is -2.00. The fourth-order valence-electron chi connectivity index (χ4n) is 1.31. The number of nitrogens with zero attached hydrogens (tertiary/aromatic N) is 1. The van der Waals surface area contributed by atoms with E-state index in [4.69, 9.17) is 11.6 Å². The number of H-pyrrole nitrogens is 1. The minimum atomic E-state index is -0.435. The van der Waals surface area contributed by atoms with Crippen molar-refractivity contribution in [1.29, 1.82) is 0 Å². The number of hydrogen-bond donors (Lipinski definition) is 1. The maximum atomic E-state index is 11.4. The largest absolute Gasteiger partial charge is 0.465 e. The average Bonchev–Trinajstić information content (AvgIpc) is 2.60. The number of benzene rings is 1. The summed E-state index contributed by atoms with van der Waals surface area (Å²) in [5.74, 6) is -0.435. The molecule has 0 unspecified atom stereocenters. The molecule has 0 bridgehead atoms. The highest BCUT2D eigenvalue weighted by atomic mass is 79.9. The Morgan fingerprint density at radius 2 is 2.33 bits per heavy atom. The Labute approximate surface area is 98.7 Å². The summed E-state index contributed by atoms with van der Waals surface area (Å²) in [6.07, 6.45) is 0. The molecule has 2 rings (SSSR count). The number of aromatic amines is 1. The van der Waals surface area contributed by atoms with Crippen LogP contribution in [0.4, 0.5) is 0 Å². The van der Waals surface area contributed by atoms with E-state index in [0.29, 0.717) is 16.6 Å².